The Morgan fingerprint density at radius 2 is 2.06 bits per heavy atom. The average molecular weight is 357 g/mol. The molecule has 0 saturated heterocycles. The summed E-state index contributed by atoms with van der Waals surface area (Å²) in [7, 11) is 0. The molecule has 0 aliphatic heterocycles. The van der Waals surface area contributed by atoms with Gasteiger partial charge in [-0.15, -0.1) is 0 Å². The zero-order valence-corrected chi connectivity index (χ0v) is 12.4. The van der Waals surface area contributed by atoms with E-state index in [4.69, 9.17) is 4.42 Å². The summed E-state index contributed by atoms with van der Waals surface area (Å²) in [6, 6.07) is 5.89. The first-order valence-electron chi connectivity index (χ1n) is 6.53. The van der Waals surface area contributed by atoms with Crippen LogP contribution in [0.15, 0.2) is 27.4 Å². The summed E-state index contributed by atoms with van der Waals surface area (Å²) >= 11 is 2.27. The van der Waals surface area contributed by atoms with Crippen molar-refractivity contribution in [3.05, 3.63) is 32.3 Å². The van der Waals surface area contributed by atoms with Crippen LogP contribution in [0.3, 0.4) is 0 Å². The van der Waals surface area contributed by atoms with Gasteiger partial charge in [-0.05, 0) is 59.5 Å². The van der Waals surface area contributed by atoms with Gasteiger partial charge < -0.3 is 4.42 Å². The lowest BCUT2D eigenvalue weighted by atomic mass is 9.89. The number of hydrogen-bond acceptors (Lipinski definition) is 2. The van der Waals surface area contributed by atoms with Crippen LogP contribution in [-0.4, -0.2) is 4.57 Å². The second-order valence-electron chi connectivity index (χ2n) is 5.09. The van der Waals surface area contributed by atoms with Crippen molar-refractivity contribution in [1.82, 2.24) is 4.57 Å². The quantitative estimate of drug-likeness (QED) is 0.767. The third-order valence-corrected chi connectivity index (χ3v) is 4.47. The van der Waals surface area contributed by atoms with E-state index in [2.05, 4.69) is 22.6 Å². The van der Waals surface area contributed by atoms with E-state index in [0.717, 1.165) is 15.6 Å². The summed E-state index contributed by atoms with van der Waals surface area (Å²) in [4.78, 5) is 11.9. The van der Waals surface area contributed by atoms with Gasteiger partial charge in [-0.2, -0.15) is 0 Å². The highest BCUT2D eigenvalue weighted by Crippen LogP contribution is 2.26. The van der Waals surface area contributed by atoms with Gasteiger partial charge in [-0.3, -0.25) is 4.57 Å². The molecule has 3 nitrogen and oxygen atoms in total. The van der Waals surface area contributed by atoms with Crippen molar-refractivity contribution in [2.24, 2.45) is 5.92 Å². The number of nitrogens with zero attached hydrogens (tertiary/aromatic N) is 1. The molecule has 0 N–H and O–H groups in total. The summed E-state index contributed by atoms with van der Waals surface area (Å²) in [5, 5.41) is 0. The van der Waals surface area contributed by atoms with Crippen LogP contribution in [0, 0.1) is 9.49 Å². The van der Waals surface area contributed by atoms with Crippen LogP contribution in [0.2, 0.25) is 0 Å². The zero-order chi connectivity index (χ0) is 12.5. The lowest BCUT2D eigenvalue weighted by Crippen LogP contribution is -2.21. The number of benzene rings is 1. The van der Waals surface area contributed by atoms with Crippen LogP contribution in [0.4, 0.5) is 0 Å². The van der Waals surface area contributed by atoms with Crippen molar-refractivity contribution in [2.45, 2.75) is 38.6 Å². The average Bonchev–Trinajstić information content (AvgIpc) is 2.67. The highest BCUT2D eigenvalue weighted by atomic mass is 127. The molecular formula is C14H16INO2. The van der Waals surface area contributed by atoms with Crippen LogP contribution in [0.1, 0.15) is 32.1 Å². The summed E-state index contributed by atoms with van der Waals surface area (Å²) in [5.74, 6) is 0.424. The van der Waals surface area contributed by atoms with Gasteiger partial charge >= 0.3 is 5.76 Å². The summed E-state index contributed by atoms with van der Waals surface area (Å²) in [6.07, 6.45) is 6.42. The lowest BCUT2D eigenvalue weighted by molar-refractivity contribution is 0.312. The maximum atomic E-state index is 11.9. The van der Waals surface area contributed by atoms with Crippen molar-refractivity contribution in [3.8, 4) is 0 Å². The number of halogens is 1. The fourth-order valence-electron chi connectivity index (χ4n) is 2.84. The molecule has 1 saturated carbocycles. The van der Waals surface area contributed by atoms with E-state index in [1.165, 1.54) is 32.1 Å². The summed E-state index contributed by atoms with van der Waals surface area (Å²) in [6.45, 7) is 0.811. The zero-order valence-electron chi connectivity index (χ0n) is 10.2. The smallest absolute Gasteiger partial charge is 0.408 e. The van der Waals surface area contributed by atoms with Gasteiger partial charge in [0.15, 0.2) is 5.58 Å². The summed E-state index contributed by atoms with van der Waals surface area (Å²) < 4.78 is 8.25. The molecule has 18 heavy (non-hydrogen) atoms. The highest BCUT2D eigenvalue weighted by molar-refractivity contribution is 14.1. The molecule has 3 rings (SSSR count). The molecule has 1 aliphatic rings. The number of rotatable bonds is 2. The molecule has 1 fully saturated rings. The molecule has 0 atom stereocenters. The van der Waals surface area contributed by atoms with E-state index in [-0.39, 0.29) is 5.76 Å². The predicted molar refractivity (Wildman–Crippen MR) is 79.8 cm³/mol. The number of aromatic nitrogens is 1. The molecule has 1 aromatic carbocycles. The molecule has 4 heteroatoms. The van der Waals surface area contributed by atoms with Crippen LogP contribution in [0.25, 0.3) is 11.1 Å². The van der Waals surface area contributed by atoms with Crippen LogP contribution >= 0.6 is 22.6 Å². The van der Waals surface area contributed by atoms with Gasteiger partial charge in [-0.1, -0.05) is 19.3 Å². The first-order valence-corrected chi connectivity index (χ1v) is 7.61. The Hall–Kier alpha value is -0.780. The minimum absolute atomic E-state index is 0.211. The third kappa shape index (κ3) is 2.35. The molecule has 1 heterocycles. The molecule has 0 amide bonds. The fraction of sp³-hybridized carbons (Fsp3) is 0.500. The second-order valence-corrected chi connectivity index (χ2v) is 6.34. The SMILES string of the molecule is O=c1oc2ccc(I)cc2n1CC1CCCCC1. The van der Waals surface area contributed by atoms with Gasteiger partial charge in [0.05, 0.1) is 5.52 Å². The minimum atomic E-state index is -0.211. The van der Waals surface area contributed by atoms with E-state index in [1.54, 1.807) is 0 Å². The first kappa shape index (κ1) is 12.3. The number of hydrogen-bond donors (Lipinski definition) is 0. The lowest BCUT2D eigenvalue weighted by Gasteiger charge is -2.21. The molecule has 1 aromatic heterocycles. The van der Waals surface area contributed by atoms with Crippen LogP contribution in [0.5, 0.6) is 0 Å². The Bertz CT molecular complexity index is 608. The topological polar surface area (TPSA) is 35.1 Å². The maximum Gasteiger partial charge on any atom is 0.419 e. The van der Waals surface area contributed by atoms with Crippen LogP contribution < -0.4 is 5.76 Å². The summed E-state index contributed by atoms with van der Waals surface area (Å²) in [5.41, 5.74) is 1.65. The second kappa shape index (κ2) is 5.07. The first-order chi connectivity index (χ1) is 8.74. The molecular weight excluding hydrogens is 341 g/mol. The molecule has 96 valence electrons. The van der Waals surface area contributed by atoms with Crippen molar-refractivity contribution in [1.29, 1.82) is 0 Å². The minimum Gasteiger partial charge on any atom is -0.408 e. The van der Waals surface area contributed by atoms with E-state index >= 15 is 0 Å². The van der Waals surface area contributed by atoms with E-state index in [1.807, 2.05) is 22.8 Å². The van der Waals surface area contributed by atoms with Crippen molar-refractivity contribution < 1.29 is 4.42 Å². The Labute approximate surface area is 119 Å². The predicted octanol–water partition coefficient (Wildman–Crippen LogP) is 3.78. The Balaban J connectivity index is 1.97. The van der Waals surface area contributed by atoms with Gasteiger partial charge in [0.2, 0.25) is 0 Å². The Kier molecular flexibility index (Phi) is 3.46. The van der Waals surface area contributed by atoms with Gasteiger partial charge in [0, 0.05) is 10.1 Å². The number of oxazole rings is 1. The monoisotopic (exact) mass is 357 g/mol. The van der Waals surface area contributed by atoms with E-state index < -0.39 is 0 Å². The Morgan fingerprint density at radius 3 is 2.83 bits per heavy atom. The van der Waals surface area contributed by atoms with Crippen LogP contribution in [-0.2, 0) is 6.54 Å². The standard InChI is InChI=1S/C14H16INO2/c15-11-6-7-13-12(8-11)16(14(17)18-13)9-10-4-2-1-3-5-10/h6-8,10H,1-5,9H2. The van der Waals surface area contributed by atoms with E-state index in [9.17, 15) is 4.79 Å². The van der Waals surface area contributed by atoms with Gasteiger partial charge in [0.25, 0.3) is 0 Å². The van der Waals surface area contributed by atoms with Crippen molar-refractivity contribution in [2.75, 3.05) is 0 Å². The Morgan fingerprint density at radius 1 is 1.28 bits per heavy atom. The molecule has 0 bridgehead atoms. The largest absolute Gasteiger partial charge is 0.419 e. The number of fused-ring (bicyclic) bond motifs is 1. The van der Waals surface area contributed by atoms with Crippen molar-refractivity contribution >= 4 is 33.7 Å². The van der Waals surface area contributed by atoms with Crippen molar-refractivity contribution in [3.63, 3.8) is 0 Å². The fourth-order valence-corrected chi connectivity index (χ4v) is 3.31. The maximum absolute atomic E-state index is 11.9. The van der Waals surface area contributed by atoms with E-state index in [0.29, 0.717) is 11.5 Å². The molecule has 1 aliphatic carbocycles. The normalized spacial score (nSPS) is 17.4. The molecule has 0 spiro atoms. The third-order valence-electron chi connectivity index (χ3n) is 3.79. The molecule has 0 unspecified atom stereocenters. The van der Waals surface area contributed by atoms with Gasteiger partial charge in [-0.25, -0.2) is 4.79 Å². The highest BCUT2D eigenvalue weighted by Gasteiger charge is 2.17. The molecule has 2 aromatic rings. The molecule has 0 radical (unpaired) electrons. The van der Waals surface area contributed by atoms with Gasteiger partial charge in [0.1, 0.15) is 0 Å².